The van der Waals surface area contributed by atoms with Crippen molar-refractivity contribution in [3.8, 4) is 18.0 Å². The van der Waals surface area contributed by atoms with Gasteiger partial charge < -0.3 is 10.1 Å². The summed E-state index contributed by atoms with van der Waals surface area (Å²) in [5, 5.41) is 21.9. The van der Waals surface area contributed by atoms with E-state index in [1.807, 2.05) is 6.07 Å². The van der Waals surface area contributed by atoms with Crippen molar-refractivity contribution in [3.05, 3.63) is 40.7 Å². The molecule has 2 saturated heterocycles. The fourth-order valence-corrected chi connectivity index (χ4v) is 7.28. The van der Waals surface area contributed by atoms with Crippen molar-refractivity contribution in [3.63, 3.8) is 0 Å². The maximum Gasteiger partial charge on any atom is 0.237 e. The lowest BCUT2D eigenvalue weighted by Crippen LogP contribution is -2.50. The molecule has 1 aromatic carbocycles. The van der Waals surface area contributed by atoms with E-state index >= 15 is 0 Å². The molecule has 9 nitrogen and oxygen atoms in total. The Morgan fingerprint density at radius 3 is 2.42 bits per heavy atom. The first-order valence-corrected chi connectivity index (χ1v) is 12.7. The van der Waals surface area contributed by atoms with Crippen LogP contribution in [0.15, 0.2) is 24.5 Å². The van der Waals surface area contributed by atoms with Gasteiger partial charge in [-0.05, 0) is 43.9 Å². The number of fused-ring (bicyclic) bond motifs is 2. The summed E-state index contributed by atoms with van der Waals surface area (Å²) >= 11 is 6.24. The number of aromatic nitrogens is 2. The lowest BCUT2D eigenvalue weighted by Gasteiger charge is -2.37. The molecule has 3 atom stereocenters. The van der Waals surface area contributed by atoms with Crippen LogP contribution in [-0.4, -0.2) is 46.1 Å². The van der Waals surface area contributed by atoms with Crippen molar-refractivity contribution < 1.29 is 13.2 Å². The molecule has 0 spiro atoms. The molecule has 170 valence electrons. The highest BCUT2D eigenvalue weighted by Crippen LogP contribution is 2.44. The summed E-state index contributed by atoms with van der Waals surface area (Å²) in [6.07, 6.45) is 5.37. The maximum atomic E-state index is 12.8. The molecule has 33 heavy (non-hydrogen) atoms. The predicted octanol–water partition coefficient (Wildman–Crippen LogP) is 3.48. The Morgan fingerprint density at radius 2 is 1.82 bits per heavy atom. The molecular formula is C22H21ClN6O3S. The normalized spacial score (nSPS) is 24.6. The zero-order valence-corrected chi connectivity index (χ0v) is 19.2. The number of anilines is 2. The molecule has 3 fully saturated rings. The van der Waals surface area contributed by atoms with Crippen LogP contribution in [0, 0.1) is 22.7 Å². The molecule has 1 unspecified atom stereocenters. The van der Waals surface area contributed by atoms with Gasteiger partial charge in [-0.15, -0.1) is 0 Å². The molecule has 2 aliphatic heterocycles. The van der Waals surface area contributed by atoms with Gasteiger partial charge in [0.15, 0.2) is 11.4 Å². The summed E-state index contributed by atoms with van der Waals surface area (Å²) in [7, 11) is -3.23. The van der Waals surface area contributed by atoms with Gasteiger partial charge >= 0.3 is 0 Å². The molecule has 11 heteroatoms. The number of sulfonamides is 1. The first-order chi connectivity index (χ1) is 15.9. The van der Waals surface area contributed by atoms with Gasteiger partial charge in [-0.2, -0.15) is 14.8 Å². The highest BCUT2D eigenvalue weighted by Gasteiger charge is 2.52. The minimum absolute atomic E-state index is 0.0678. The van der Waals surface area contributed by atoms with Crippen molar-refractivity contribution >= 4 is 33.1 Å². The number of nitrogens with zero attached hydrogens (tertiary/aromatic N) is 5. The second-order valence-electron chi connectivity index (χ2n) is 8.62. The third kappa shape index (κ3) is 4.10. The average molecular weight is 485 g/mol. The second kappa shape index (κ2) is 8.45. The van der Waals surface area contributed by atoms with Crippen LogP contribution in [0.4, 0.5) is 11.5 Å². The predicted molar refractivity (Wildman–Crippen MR) is 120 cm³/mol. The lowest BCUT2D eigenvalue weighted by atomic mass is 10.0. The second-order valence-corrected chi connectivity index (χ2v) is 11.1. The first kappa shape index (κ1) is 21.9. The molecule has 3 aliphatic rings. The third-order valence-electron chi connectivity index (χ3n) is 6.42. The Labute approximate surface area is 197 Å². The van der Waals surface area contributed by atoms with E-state index in [9.17, 15) is 13.7 Å². The summed E-state index contributed by atoms with van der Waals surface area (Å²) in [4.78, 5) is 8.33. The monoisotopic (exact) mass is 484 g/mol. The lowest BCUT2D eigenvalue weighted by molar-refractivity contribution is 0.0914. The fourth-order valence-electron chi connectivity index (χ4n) is 4.76. The summed E-state index contributed by atoms with van der Waals surface area (Å²) in [5.74, 6) is 0.397. The zero-order valence-electron chi connectivity index (χ0n) is 17.6. The van der Waals surface area contributed by atoms with E-state index < -0.39 is 10.0 Å². The van der Waals surface area contributed by atoms with Crippen molar-refractivity contribution in [2.24, 2.45) is 0 Å². The molecule has 0 amide bonds. The summed E-state index contributed by atoms with van der Waals surface area (Å²) in [5.41, 5.74) is 1.05. The van der Waals surface area contributed by atoms with Crippen LogP contribution < -0.4 is 10.1 Å². The van der Waals surface area contributed by atoms with E-state index in [1.54, 1.807) is 16.4 Å². The third-order valence-corrected chi connectivity index (χ3v) is 9.23. The Morgan fingerprint density at radius 1 is 1.09 bits per heavy atom. The molecule has 2 bridgehead atoms. The number of halogens is 1. The van der Waals surface area contributed by atoms with Crippen LogP contribution in [0.1, 0.15) is 49.7 Å². The van der Waals surface area contributed by atoms with Gasteiger partial charge in [-0.25, -0.2) is 18.4 Å². The van der Waals surface area contributed by atoms with Crippen LogP contribution >= 0.6 is 11.6 Å². The van der Waals surface area contributed by atoms with Gasteiger partial charge in [-0.1, -0.05) is 11.6 Å². The van der Waals surface area contributed by atoms with Gasteiger partial charge in [-0.3, -0.25) is 0 Å². The molecule has 3 heterocycles. The standard InChI is InChI=1S/C22H21ClN6O3S/c23-19-7-13(10-24)1-6-20(19)28-21-18(11-25)22(27-12-26-21)32-16-8-14-2-3-15(9-16)29(14)33(30,31)17-4-5-17/h1,6-7,12,14-17H,2-5,8-9H2,(H,26,27,28)/t14-,15?,16+/m0/s1. The highest BCUT2D eigenvalue weighted by molar-refractivity contribution is 7.90. The number of rotatable bonds is 6. The van der Waals surface area contributed by atoms with E-state index in [0.29, 0.717) is 29.1 Å². The van der Waals surface area contributed by atoms with Crippen LogP contribution in [0.5, 0.6) is 5.88 Å². The Hall–Kier alpha value is -2.92. The van der Waals surface area contributed by atoms with Crippen LogP contribution in [0.25, 0.3) is 0 Å². The Bertz CT molecular complexity index is 1270. The van der Waals surface area contributed by atoms with E-state index in [0.717, 1.165) is 25.7 Å². The van der Waals surface area contributed by atoms with Gasteiger partial charge in [0.05, 0.1) is 27.6 Å². The summed E-state index contributed by atoms with van der Waals surface area (Å²) in [6, 6.07) is 8.75. The van der Waals surface area contributed by atoms with Crippen LogP contribution in [0.2, 0.25) is 5.02 Å². The van der Waals surface area contributed by atoms with Gasteiger partial charge in [0.25, 0.3) is 0 Å². The number of ether oxygens (including phenoxy) is 1. The van der Waals surface area contributed by atoms with Crippen molar-refractivity contribution in [1.29, 1.82) is 10.5 Å². The topological polar surface area (TPSA) is 132 Å². The maximum absolute atomic E-state index is 12.8. The number of nitriles is 2. The molecule has 1 aliphatic carbocycles. The average Bonchev–Trinajstić information content (AvgIpc) is 3.61. The molecule has 0 radical (unpaired) electrons. The minimum Gasteiger partial charge on any atom is -0.473 e. The number of hydrogen-bond donors (Lipinski definition) is 1. The van der Waals surface area contributed by atoms with Gasteiger partial charge in [0.2, 0.25) is 15.9 Å². The van der Waals surface area contributed by atoms with E-state index in [1.165, 1.54) is 12.4 Å². The van der Waals surface area contributed by atoms with Crippen molar-refractivity contribution in [1.82, 2.24) is 14.3 Å². The smallest absolute Gasteiger partial charge is 0.237 e. The number of benzene rings is 1. The molecule has 1 saturated carbocycles. The first-order valence-electron chi connectivity index (χ1n) is 10.8. The van der Waals surface area contributed by atoms with Crippen LogP contribution in [-0.2, 0) is 10.0 Å². The Kier molecular flexibility index (Phi) is 5.61. The van der Waals surface area contributed by atoms with Crippen molar-refractivity contribution in [2.75, 3.05) is 5.32 Å². The van der Waals surface area contributed by atoms with Gasteiger partial charge in [0.1, 0.15) is 18.5 Å². The number of piperidine rings is 1. The molecular weight excluding hydrogens is 464 g/mol. The molecule has 1 N–H and O–H groups in total. The molecule has 5 rings (SSSR count). The van der Waals surface area contributed by atoms with Gasteiger partial charge in [0, 0.05) is 24.9 Å². The Balaban J connectivity index is 1.34. The number of nitrogens with one attached hydrogen (secondary N) is 1. The molecule has 1 aromatic heterocycles. The highest BCUT2D eigenvalue weighted by atomic mass is 35.5. The van der Waals surface area contributed by atoms with Crippen molar-refractivity contribution in [2.45, 2.75) is 62.0 Å². The van der Waals surface area contributed by atoms with E-state index in [-0.39, 0.29) is 40.7 Å². The van der Waals surface area contributed by atoms with E-state index in [4.69, 9.17) is 21.6 Å². The minimum atomic E-state index is -3.23. The van der Waals surface area contributed by atoms with Crippen LogP contribution in [0.3, 0.4) is 0 Å². The quantitative estimate of drug-likeness (QED) is 0.658. The zero-order chi connectivity index (χ0) is 23.2. The number of hydrogen-bond acceptors (Lipinski definition) is 8. The summed E-state index contributed by atoms with van der Waals surface area (Å²) < 4.78 is 33.6. The summed E-state index contributed by atoms with van der Waals surface area (Å²) in [6.45, 7) is 0. The molecule has 2 aromatic rings. The van der Waals surface area contributed by atoms with E-state index in [2.05, 4.69) is 21.4 Å². The largest absolute Gasteiger partial charge is 0.473 e. The fraction of sp³-hybridized carbons (Fsp3) is 0.455. The SMILES string of the molecule is N#Cc1ccc(Nc2ncnc(O[C@H]3CC4CC[C@@H](C3)N4S(=O)(=O)C3CC3)c2C#N)c(Cl)c1.